The van der Waals surface area contributed by atoms with Gasteiger partial charge in [0.05, 0.1) is 12.3 Å². The number of carbonyl (C=O) groups is 2. The molecule has 0 spiro atoms. The summed E-state index contributed by atoms with van der Waals surface area (Å²) in [6, 6.07) is 10.3. The fourth-order valence-electron chi connectivity index (χ4n) is 3.69. The maximum Gasteiger partial charge on any atom is 0.273 e. The Labute approximate surface area is 173 Å². The van der Waals surface area contributed by atoms with Gasteiger partial charge in [0.15, 0.2) is 0 Å². The average Bonchev–Trinajstić information content (AvgIpc) is 3.36. The summed E-state index contributed by atoms with van der Waals surface area (Å²) in [6.45, 7) is 5.11. The normalized spacial score (nSPS) is 14.6. The Morgan fingerprint density at radius 1 is 1.14 bits per heavy atom. The molecule has 2 aromatic heterocycles. The van der Waals surface area contributed by atoms with Crippen molar-refractivity contribution < 1.29 is 14.3 Å². The Morgan fingerprint density at radius 3 is 2.59 bits per heavy atom. The van der Waals surface area contributed by atoms with Crippen molar-refractivity contribution in [3.63, 3.8) is 0 Å². The van der Waals surface area contributed by atoms with Crippen molar-refractivity contribution in [2.45, 2.75) is 13.5 Å². The number of amides is 2. The summed E-state index contributed by atoms with van der Waals surface area (Å²) in [5.41, 5.74) is 2.58. The van der Waals surface area contributed by atoms with E-state index in [1.807, 2.05) is 17.5 Å². The largest absolute Gasteiger partial charge is 0.383 e. The molecule has 0 unspecified atom stereocenters. The number of carbonyl (C=O) groups excluding carboxylic acids is 2. The number of benzene rings is 1. The molecular weight excluding hydrogens is 388 g/mol. The molecule has 0 N–H and O–H groups in total. The van der Waals surface area contributed by atoms with Gasteiger partial charge in [-0.05, 0) is 12.1 Å². The van der Waals surface area contributed by atoms with Crippen LogP contribution in [0, 0.1) is 0 Å². The van der Waals surface area contributed by atoms with Crippen LogP contribution in [0.25, 0.3) is 21.6 Å². The average molecular weight is 413 g/mol. The van der Waals surface area contributed by atoms with Crippen LogP contribution in [-0.4, -0.2) is 71.1 Å². The molecule has 1 aliphatic rings. The Morgan fingerprint density at radius 2 is 1.86 bits per heavy atom. The first kappa shape index (κ1) is 19.6. The summed E-state index contributed by atoms with van der Waals surface area (Å²) in [5.74, 6) is -0.0211. The van der Waals surface area contributed by atoms with Crippen molar-refractivity contribution in [1.82, 2.24) is 19.4 Å². The molecule has 1 saturated heterocycles. The second-order valence-electron chi connectivity index (χ2n) is 7.07. The van der Waals surface area contributed by atoms with Gasteiger partial charge in [0, 0.05) is 63.0 Å². The van der Waals surface area contributed by atoms with E-state index in [2.05, 4.69) is 27.8 Å². The van der Waals surface area contributed by atoms with Gasteiger partial charge < -0.3 is 19.1 Å². The minimum absolute atomic E-state index is 0.0527. The number of nitrogens with zero attached hydrogens (tertiary/aromatic N) is 4. The van der Waals surface area contributed by atoms with Gasteiger partial charge in [-0.2, -0.15) is 0 Å². The molecule has 1 aliphatic heterocycles. The zero-order valence-electron chi connectivity index (χ0n) is 16.6. The number of para-hydroxylation sites is 1. The zero-order valence-corrected chi connectivity index (χ0v) is 17.4. The fraction of sp³-hybridized carbons (Fsp3) is 0.381. The van der Waals surface area contributed by atoms with Crippen molar-refractivity contribution in [3.05, 3.63) is 41.4 Å². The van der Waals surface area contributed by atoms with Crippen LogP contribution >= 0.6 is 11.3 Å². The number of methoxy groups -OCH3 is 1. The third-order valence-electron chi connectivity index (χ3n) is 5.28. The van der Waals surface area contributed by atoms with Crippen LogP contribution in [0.15, 0.2) is 35.7 Å². The van der Waals surface area contributed by atoms with Gasteiger partial charge in [0.2, 0.25) is 5.91 Å². The van der Waals surface area contributed by atoms with E-state index in [1.165, 1.54) is 11.3 Å². The highest BCUT2D eigenvalue weighted by Gasteiger charge is 2.25. The van der Waals surface area contributed by atoms with Gasteiger partial charge in [0.25, 0.3) is 5.91 Å². The predicted octanol–water partition coefficient (Wildman–Crippen LogP) is 2.72. The molecular formula is C21H24N4O3S. The maximum absolute atomic E-state index is 12.9. The summed E-state index contributed by atoms with van der Waals surface area (Å²) in [4.78, 5) is 32.6. The Hall–Kier alpha value is -2.71. The first-order valence-corrected chi connectivity index (χ1v) is 10.5. The lowest BCUT2D eigenvalue weighted by Gasteiger charge is -2.33. The Bertz CT molecular complexity index is 1030. The predicted molar refractivity (Wildman–Crippen MR) is 113 cm³/mol. The number of piperazine rings is 1. The van der Waals surface area contributed by atoms with Crippen molar-refractivity contribution >= 4 is 34.1 Å². The van der Waals surface area contributed by atoms with Gasteiger partial charge in [-0.3, -0.25) is 9.59 Å². The number of rotatable bonds is 5. The minimum atomic E-state index is -0.0738. The van der Waals surface area contributed by atoms with Crippen molar-refractivity contribution in [1.29, 1.82) is 0 Å². The maximum atomic E-state index is 12.9. The molecule has 4 rings (SSSR count). The zero-order chi connectivity index (χ0) is 20.4. The highest BCUT2D eigenvalue weighted by atomic mass is 32.1. The molecule has 0 aliphatic carbocycles. The van der Waals surface area contributed by atoms with Crippen LogP contribution < -0.4 is 0 Å². The molecule has 0 saturated carbocycles. The molecule has 0 bridgehead atoms. The molecule has 7 nitrogen and oxygen atoms in total. The van der Waals surface area contributed by atoms with Gasteiger partial charge in [0.1, 0.15) is 10.7 Å². The first-order chi connectivity index (χ1) is 14.1. The number of fused-ring (bicyclic) bond motifs is 1. The number of thiazole rings is 1. The number of ether oxygens (including phenoxy) is 1. The first-order valence-electron chi connectivity index (χ1n) is 9.66. The van der Waals surface area contributed by atoms with Crippen molar-refractivity contribution in [2.75, 3.05) is 39.9 Å². The molecule has 0 radical (unpaired) electrons. The summed E-state index contributed by atoms with van der Waals surface area (Å²) in [7, 11) is 1.69. The minimum Gasteiger partial charge on any atom is -0.383 e. The summed E-state index contributed by atoms with van der Waals surface area (Å²) in [5, 5.41) is 3.79. The number of hydrogen-bond acceptors (Lipinski definition) is 5. The Balaban J connectivity index is 1.58. The monoisotopic (exact) mass is 412 g/mol. The van der Waals surface area contributed by atoms with Gasteiger partial charge in [-0.1, -0.05) is 18.2 Å². The van der Waals surface area contributed by atoms with Crippen LogP contribution in [0.3, 0.4) is 0 Å². The molecule has 3 heterocycles. The molecule has 3 aromatic rings. The highest BCUT2D eigenvalue weighted by Crippen LogP contribution is 2.31. The third-order valence-corrected chi connectivity index (χ3v) is 6.15. The van der Waals surface area contributed by atoms with E-state index in [4.69, 9.17) is 4.74 Å². The second-order valence-corrected chi connectivity index (χ2v) is 7.93. The number of hydrogen-bond donors (Lipinski definition) is 0. The van der Waals surface area contributed by atoms with Crippen molar-refractivity contribution in [3.8, 4) is 10.7 Å². The van der Waals surface area contributed by atoms with Crippen LogP contribution in [0.5, 0.6) is 0 Å². The van der Waals surface area contributed by atoms with Crippen LogP contribution in [-0.2, 0) is 16.1 Å². The smallest absolute Gasteiger partial charge is 0.273 e. The standard InChI is InChI=1S/C21H24N4O3S/c1-15(26)23-7-9-24(10-8-23)21(27)17-14-29-20(22-17)19-13-16-5-3-4-6-18(16)25(19)11-12-28-2/h3-6,13-14H,7-12H2,1-2H3. The van der Waals surface area contributed by atoms with E-state index in [0.29, 0.717) is 38.5 Å². The van der Waals surface area contributed by atoms with Gasteiger partial charge in [-0.15, -0.1) is 11.3 Å². The summed E-state index contributed by atoms with van der Waals surface area (Å²) < 4.78 is 7.47. The van der Waals surface area contributed by atoms with E-state index < -0.39 is 0 Å². The molecule has 1 aromatic carbocycles. The van der Waals surface area contributed by atoms with Crippen LogP contribution in [0.2, 0.25) is 0 Å². The van der Waals surface area contributed by atoms with E-state index >= 15 is 0 Å². The van der Waals surface area contributed by atoms with E-state index in [9.17, 15) is 9.59 Å². The Kier molecular flexibility index (Phi) is 5.64. The summed E-state index contributed by atoms with van der Waals surface area (Å²) in [6.07, 6.45) is 0. The second kappa shape index (κ2) is 8.34. The summed E-state index contributed by atoms with van der Waals surface area (Å²) >= 11 is 1.48. The van der Waals surface area contributed by atoms with Gasteiger partial charge >= 0.3 is 0 Å². The fourth-order valence-corrected chi connectivity index (χ4v) is 4.50. The number of aromatic nitrogens is 2. The molecule has 2 amide bonds. The van der Waals surface area contributed by atoms with Gasteiger partial charge in [-0.25, -0.2) is 4.98 Å². The molecule has 152 valence electrons. The van der Waals surface area contributed by atoms with Crippen LogP contribution in [0.1, 0.15) is 17.4 Å². The lowest BCUT2D eigenvalue weighted by Crippen LogP contribution is -2.50. The van der Waals surface area contributed by atoms with Crippen LogP contribution in [0.4, 0.5) is 0 Å². The molecule has 29 heavy (non-hydrogen) atoms. The van der Waals surface area contributed by atoms with E-state index in [-0.39, 0.29) is 11.8 Å². The quantitative estimate of drug-likeness (QED) is 0.646. The lowest BCUT2D eigenvalue weighted by molar-refractivity contribution is -0.130. The van der Waals surface area contributed by atoms with E-state index in [1.54, 1.807) is 23.8 Å². The van der Waals surface area contributed by atoms with Crippen molar-refractivity contribution in [2.24, 2.45) is 0 Å². The topological polar surface area (TPSA) is 67.7 Å². The SMILES string of the molecule is COCCn1c(-c2nc(C(=O)N3CCN(C(C)=O)CC3)cs2)cc2ccccc21. The highest BCUT2D eigenvalue weighted by molar-refractivity contribution is 7.13. The van der Waals surface area contributed by atoms with E-state index in [0.717, 1.165) is 28.1 Å². The third kappa shape index (κ3) is 3.90. The molecule has 0 atom stereocenters. The lowest BCUT2D eigenvalue weighted by atomic mass is 10.2. The molecule has 1 fully saturated rings. The molecule has 8 heteroatoms.